The molecule has 0 bridgehead atoms. The Bertz CT molecular complexity index is 382. The number of rotatable bonds is 5. The highest BCUT2D eigenvalue weighted by Gasteiger charge is 2.08. The monoisotopic (exact) mass is 242 g/mol. The molecule has 1 aromatic rings. The number of amides is 1. The summed E-state index contributed by atoms with van der Waals surface area (Å²) in [5, 5.41) is 3.53. The van der Waals surface area contributed by atoms with E-state index in [1.807, 2.05) is 6.92 Å². The number of benzene rings is 1. The smallest absolute Gasteiger partial charge is 0.250 e. The van der Waals surface area contributed by atoms with Gasteiger partial charge in [-0.05, 0) is 25.1 Å². The summed E-state index contributed by atoms with van der Waals surface area (Å²) < 4.78 is 5.00. The maximum Gasteiger partial charge on any atom is 0.250 e. The minimum absolute atomic E-state index is 0.145. The van der Waals surface area contributed by atoms with Crippen molar-refractivity contribution in [3.05, 3.63) is 28.8 Å². The summed E-state index contributed by atoms with van der Waals surface area (Å²) in [5.74, 6) is -0.534. The quantitative estimate of drug-likeness (QED) is 0.829. The van der Waals surface area contributed by atoms with Crippen LogP contribution >= 0.6 is 11.6 Å². The SMILES string of the molecule is COCC(C)Nc1ccc(Cl)c(C(N)=O)c1. The van der Waals surface area contributed by atoms with Crippen molar-refractivity contribution in [1.82, 2.24) is 0 Å². The summed E-state index contributed by atoms with van der Waals surface area (Å²) in [6.07, 6.45) is 0. The highest BCUT2D eigenvalue weighted by molar-refractivity contribution is 6.33. The summed E-state index contributed by atoms with van der Waals surface area (Å²) in [6, 6.07) is 5.22. The van der Waals surface area contributed by atoms with E-state index in [4.69, 9.17) is 22.1 Å². The normalized spacial score (nSPS) is 12.2. The molecule has 1 aromatic carbocycles. The van der Waals surface area contributed by atoms with Gasteiger partial charge in [0.25, 0.3) is 0 Å². The average molecular weight is 243 g/mol. The number of nitrogens with one attached hydrogen (secondary N) is 1. The third kappa shape index (κ3) is 3.40. The average Bonchev–Trinajstić information content (AvgIpc) is 2.21. The fraction of sp³-hybridized carbons (Fsp3) is 0.364. The second kappa shape index (κ2) is 5.72. The number of nitrogens with two attached hydrogens (primary N) is 1. The van der Waals surface area contributed by atoms with E-state index in [0.717, 1.165) is 5.69 Å². The standard InChI is InChI=1S/C11H15ClN2O2/c1-7(6-16-2)14-8-3-4-10(12)9(5-8)11(13)15/h3-5,7,14H,6H2,1-2H3,(H2,13,15). The van der Waals surface area contributed by atoms with Gasteiger partial charge in [-0.2, -0.15) is 0 Å². The van der Waals surface area contributed by atoms with Gasteiger partial charge >= 0.3 is 0 Å². The van der Waals surface area contributed by atoms with E-state index in [1.54, 1.807) is 25.3 Å². The summed E-state index contributed by atoms with van der Waals surface area (Å²) in [4.78, 5) is 11.1. The summed E-state index contributed by atoms with van der Waals surface area (Å²) in [5.41, 5.74) is 6.31. The van der Waals surface area contributed by atoms with Gasteiger partial charge in [0.15, 0.2) is 0 Å². The molecule has 0 aliphatic rings. The Kier molecular flexibility index (Phi) is 4.58. The zero-order valence-corrected chi connectivity index (χ0v) is 10.0. The largest absolute Gasteiger partial charge is 0.383 e. The minimum atomic E-state index is -0.534. The lowest BCUT2D eigenvalue weighted by atomic mass is 10.2. The van der Waals surface area contributed by atoms with Crippen LogP contribution in [0.3, 0.4) is 0 Å². The molecule has 0 saturated heterocycles. The number of ether oxygens (including phenoxy) is 1. The molecule has 1 rings (SSSR count). The second-order valence-electron chi connectivity index (χ2n) is 3.56. The molecule has 0 aliphatic heterocycles. The molecule has 0 heterocycles. The second-order valence-corrected chi connectivity index (χ2v) is 3.97. The van der Waals surface area contributed by atoms with Gasteiger partial charge in [-0.15, -0.1) is 0 Å². The van der Waals surface area contributed by atoms with Crippen molar-refractivity contribution in [2.45, 2.75) is 13.0 Å². The molecule has 5 heteroatoms. The maximum absolute atomic E-state index is 11.1. The maximum atomic E-state index is 11.1. The summed E-state index contributed by atoms with van der Waals surface area (Å²) in [6.45, 7) is 2.55. The van der Waals surface area contributed by atoms with E-state index in [0.29, 0.717) is 17.2 Å². The number of hydrogen-bond acceptors (Lipinski definition) is 3. The van der Waals surface area contributed by atoms with Gasteiger partial charge in [-0.1, -0.05) is 11.6 Å². The van der Waals surface area contributed by atoms with Gasteiger partial charge in [-0.3, -0.25) is 4.79 Å². The van der Waals surface area contributed by atoms with Crippen LogP contribution in [0.4, 0.5) is 5.69 Å². The molecule has 1 amide bonds. The molecule has 88 valence electrons. The van der Waals surface area contributed by atoms with Gasteiger partial charge in [0.05, 0.1) is 17.2 Å². The van der Waals surface area contributed by atoms with Crippen molar-refractivity contribution in [2.75, 3.05) is 19.0 Å². The third-order valence-electron chi connectivity index (χ3n) is 2.06. The first-order chi connectivity index (χ1) is 7.54. The first kappa shape index (κ1) is 12.8. The fourth-order valence-corrected chi connectivity index (χ4v) is 1.59. The predicted molar refractivity (Wildman–Crippen MR) is 64.9 cm³/mol. The number of primary amides is 1. The highest BCUT2D eigenvalue weighted by atomic mass is 35.5. The molecule has 0 fully saturated rings. The fourth-order valence-electron chi connectivity index (χ4n) is 1.38. The Morgan fingerprint density at radius 3 is 2.88 bits per heavy atom. The minimum Gasteiger partial charge on any atom is -0.383 e. The van der Waals surface area contributed by atoms with Crippen molar-refractivity contribution in [1.29, 1.82) is 0 Å². The molecule has 0 aromatic heterocycles. The van der Waals surface area contributed by atoms with Crippen LogP contribution in [-0.4, -0.2) is 25.7 Å². The van der Waals surface area contributed by atoms with E-state index in [1.165, 1.54) is 0 Å². The van der Waals surface area contributed by atoms with Crippen LogP contribution in [-0.2, 0) is 4.74 Å². The van der Waals surface area contributed by atoms with E-state index in [2.05, 4.69) is 5.32 Å². The van der Waals surface area contributed by atoms with Crippen molar-refractivity contribution < 1.29 is 9.53 Å². The molecule has 0 aliphatic carbocycles. The van der Waals surface area contributed by atoms with Crippen molar-refractivity contribution in [2.24, 2.45) is 5.73 Å². The highest BCUT2D eigenvalue weighted by Crippen LogP contribution is 2.20. The van der Waals surface area contributed by atoms with Gasteiger partial charge in [0, 0.05) is 18.8 Å². The molecular formula is C11H15ClN2O2. The zero-order chi connectivity index (χ0) is 12.1. The lowest BCUT2D eigenvalue weighted by Gasteiger charge is -2.14. The van der Waals surface area contributed by atoms with Crippen LogP contribution in [0.2, 0.25) is 5.02 Å². The summed E-state index contributed by atoms with van der Waals surface area (Å²) >= 11 is 5.84. The predicted octanol–water partition coefficient (Wildman–Crippen LogP) is 1.89. The number of halogens is 1. The third-order valence-corrected chi connectivity index (χ3v) is 2.39. The van der Waals surface area contributed by atoms with Crippen molar-refractivity contribution in [3.8, 4) is 0 Å². The Morgan fingerprint density at radius 2 is 2.31 bits per heavy atom. The Morgan fingerprint density at radius 1 is 1.62 bits per heavy atom. The van der Waals surface area contributed by atoms with Crippen LogP contribution in [0.1, 0.15) is 17.3 Å². The van der Waals surface area contributed by atoms with Crippen LogP contribution in [0.25, 0.3) is 0 Å². The first-order valence-electron chi connectivity index (χ1n) is 4.89. The molecular weight excluding hydrogens is 228 g/mol. The van der Waals surface area contributed by atoms with E-state index < -0.39 is 5.91 Å². The van der Waals surface area contributed by atoms with E-state index in [9.17, 15) is 4.79 Å². The number of carbonyl (C=O) groups excluding carboxylic acids is 1. The van der Waals surface area contributed by atoms with E-state index >= 15 is 0 Å². The van der Waals surface area contributed by atoms with Crippen LogP contribution < -0.4 is 11.1 Å². The lowest BCUT2D eigenvalue weighted by Crippen LogP contribution is -2.21. The Balaban J connectivity index is 2.82. The van der Waals surface area contributed by atoms with Crippen molar-refractivity contribution >= 4 is 23.2 Å². The number of carbonyl (C=O) groups is 1. The van der Waals surface area contributed by atoms with Crippen LogP contribution in [0.5, 0.6) is 0 Å². The Labute approximate surface area is 99.7 Å². The van der Waals surface area contributed by atoms with Gasteiger partial charge in [0.1, 0.15) is 0 Å². The molecule has 1 unspecified atom stereocenters. The number of methoxy groups -OCH3 is 1. The lowest BCUT2D eigenvalue weighted by molar-refractivity contribution is 0.100. The zero-order valence-electron chi connectivity index (χ0n) is 9.29. The number of anilines is 1. The molecule has 16 heavy (non-hydrogen) atoms. The van der Waals surface area contributed by atoms with Gasteiger partial charge < -0.3 is 15.8 Å². The van der Waals surface area contributed by atoms with E-state index in [-0.39, 0.29) is 6.04 Å². The summed E-state index contributed by atoms with van der Waals surface area (Å²) in [7, 11) is 1.63. The van der Waals surface area contributed by atoms with Crippen molar-refractivity contribution in [3.63, 3.8) is 0 Å². The molecule has 1 atom stereocenters. The topological polar surface area (TPSA) is 64.3 Å². The van der Waals surface area contributed by atoms with Gasteiger partial charge in [-0.25, -0.2) is 0 Å². The Hall–Kier alpha value is -1.26. The molecule has 0 saturated carbocycles. The first-order valence-corrected chi connectivity index (χ1v) is 5.27. The van der Waals surface area contributed by atoms with Crippen LogP contribution in [0, 0.1) is 0 Å². The number of hydrogen-bond donors (Lipinski definition) is 2. The van der Waals surface area contributed by atoms with Gasteiger partial charge in [0.2, 0.25) is 5.91 Å². The van der Waals surface area contributed by atoms with Crippen LogP contribution in [0.15, 0.2) is 18.2 Å². The molecule has 0 radical (unpaired) electrons. The molecule has 0 spiro atoms. The molecule has 4 nitrogen and oxygen atoms in total. The molecule has 3 N–H and O–H groups in total.